The van der Waals surface area contributed by atoms with E-state index in [1.165, 1.54) is 0 Å². The maximum Gasteiger partial charge on any atom is 0.0135 e. The monoisotopic (exact) mass is 285 g/mol. The third kappa shape index (κ3) is 1.39. The second kappa shape index (κ2) is 3.89. The smallest absolute Gasteiger partial charge is 0.0135 e. The molecule has 0 aromatic carbocycles. The van der Waals surface area contributed by atoms with E-state index >= 15 is 0 Å². The first-order valence-electron chi connectivity index (χ1n) is 9.96. The zero-order chi connectivity index (χ0) is 13.9. The summed E-state index contributed by atoms with van der Waals surface area (Å²) in [4.78, 5) is 0. The standard InChI is InChI=1S/C20H31N/c1-9-12-7-15-10(2)16(8-12)20(18(9)15)21-19-14-4-11-3-13(6-14)17(19)5-11/h9-21H,3-8H2,1-2H3. The van der Waals surface area contributed by atoms with E-state index in [9.17, 15) is 0 Å². The van der Waals surface area contributed by atoms with Gasteiger partial charge in [0.25, 0.3) is 0 Å². The van der Waals surface area contributed by atoms with Gasteiger partial charge in [-0.05, 0) is 97.7 Å². The molecule has 8 aliphatic carbocycles. The average Bonchev–Trinajstić information content (AvgIpc) is 3.02. The summed E-state index contributed by atoms with van der Waals surface area (Å²) in [5, 5.41) is 4.36. The van der Waals surface area contributed by atoms with Crippen LogP contribution >= 0.6 is 0 Å². The minimum absolute atomic E-state index is 0.905. The first-order chi connectivity index (χ1) is 10.2. The lowest BCUT2D eigenvalue weighted by molar-refractivity contribution is 0.107. The van der Waals surface area contributed by atoms with Crippen LogP contribution in [0.3, 0.4) is 0 Å². The van der Waals surface area contributed by atoms with E-state index in [-0.39, 0.29) is 0 Å². The molecule has 0 aromatic rings. The topological polar surface area (TPSA) is 12.0 Å². The Kier molecular flexibility index (Phi) is 2.29. The number of hydrogen-bond donors (Lipinski definition) is 1. The molecule has 1 nitrogen and oxygen atoms in total. The van der Waals surface area contributed by atoms with Crippen molar-refractivity contribution in [1.29, 1.82) is 0 Å². The molecule has 8 aliphatic rings. The molecule has 0 aromatic heterocycles. The van der Waals surface area contributed by atoms with Crippen LogP contribution in [0.15, 0.2) is 0 Å². The van der Waals surface area contributed by atoms with Crippen LogP contribution in [0.4, 0.5) is 0 Å². The highest BCUT2D eigenvalue weighted by Gasteiger charge is 2.62. The lowest BCUT2D eigenvalue weighted by atomic mass is 9.70. The van der Waals surface area contributed by atoms with Gasteiger partial charge in [-0.15, -0.1) is 0 Å². The molecule has 21 heavy (non-hydrogen) atoms. The SMILES string of the molecule is CC1C2CC3CC1C(C3C)C2NC1C2CC3CC(C2)C1C3. The molecule has 12 unspecified atom stereocenters. The van der Waals surface area contributed by atoms with E-state index in [2.05, 4.69) is 19.2 Å². The normalized spacial score (nSPS) is 69.4. The molecule has 1 heteroatoms. The third-order valence-corrected chi connectivity index (χ3v) is 9.66. The van der Waals surface area contributed by atoms with Crippen molar-refractivity contribution in [2.24, 2.45) is 59.2 Å². The Labute approximate surface area is 129 Å². The second-order valence-corrected chi connectivity index (χ2v) is 10.1. The van der Waals surface area contributed by atoms with E-state index in [1.807, 2.05) is 0 Å². The molecule has 0 saturated heterocycles. The third-order valence-electron chi connectivity index (χ3n) is 9.66. The molecular weight excluding hydrogens is 254 g/mol. The number of nitrogens with one attached hydrogen (secondary N) is 1. The van der Waals surface area contributed by atoms with E-state index in [1.54, 1.807) is 38.5 Å². The Bertz CT molecular complexity index is 468. The number of rotatable bonds is 2. The van der Waals surface area contributed by atoms with Gasteiger partial charge in [-0.3, -0.25) is 0 Å². The molecule has 8 rings (SSSR count). The quantitative estimate of drug-likeness (QED) is 0.810. The first kappa shape index (κ1) is 12.4. The largest absolute Gasteiger partial charge is 0.310 e. The van der Waals surface area contributed by atoms with E-state index < -0.39 is 0 Å². The molecule has 0 spiro atoms. The minimum atomic E-state index is 0.905. The summed E-state index contributed by atoms with van der Waals surface area (Å²) in [6.07, 6.45) is 9.46. The molecule has 0 heterocycles. The Morgan fingerprint density at radius 2 is 1.43 bits per heavy atom. The highest BCUT2D eigenvalue weighted by Crippen LogP contribution is 2.64. The predicted octanol–water partition coefficient (Wildman–Crippen LogP) is 3.94. The van der Waals surface area contributed by atoms with E-state index in [0.29, 0.717) is 0 Å². The maximum atomic E-state index is 4.36. The molecule has 1 N–H and O–H groups in total. The summed E-state index contributed by atoms with van der Waals surface area (Å²) >= 11 is 0. The Balaban J connectivity index is 1.29. The molecule has 8 bridgehead atoms. The Morgan fingerprint density at radius 1 is 0.619 bits per heavy atom. The fraction of sp³-hybridized carbons (Fsp3) is 1.00. The van der Waals surface area contributed by atoms with Gasteiger partial charge in [0, 0.05) is 12.1 Å². The van der Waals surface area contributed by atoms with E-state index in [0.717, 1.165) is 71.3 Å². The van der Waals surface area contributed by atoms with Crippen LogP contribution in [-0.4, -0.2) is 12.1 Å². The van der Waals surface area contributed by atoms with Crippen molar-refractivity contribution in [3.05, 3.63) is 0 Å². The van der Waals surface area contributed by atoms with Crippen molar-refractivity contribution in [3.63, 3.8) is 0 Å². The summed E-state index contributed by atoms with van der Waals surface area (Å²) in [5.41, 5.74) is 0. The zero-order valence-electron chi connectivity index (χ0n) is 13.7. The van der Waals surface area contributed by atoms with Gasteiger partial charge in [0.1, 0.15) is 0 Å². The van der Waals surface area contributed by atoms with Crippen LogP contribution in [0, 0.1) is 59.2 Å². The van der Waals surface area contributed by atoms with Gasteiger partial charge in [0.15, 0.2) is 0 Å². The van der Waals surface area contributed by atoms with Crippen molar-refractivity contribution in [2.75, 3.05) is 0 Å². The predicted molar refractivity (Wildman–Crippen MR) is 84.7 cm³/mol. The van der Waals surface area contributed by atoms with Crippen LogP contribution < -0.4 is 5.32 Å². The highest BCUT2D eigenvalue weighted by molar-refractivity contribution is 5.14. The van der Waals surface area contributed by atoms with Crippen LogP contribution in [0.1, 0.15) is 52.4 Å². The van der Waals surface area contributed by atoms with Gasteiger partial charge < -0.3 is 5.32 Å². The van der Waals surface area contributed by atoms with Gasteiger partial charge in [0.05, 0.1) is 0 Å². The fourth-order valence-corrected chi connectivity index (χ4v) is 8.99. The summed E-state index contributed by atoms with van der Waals surface area (Å²) < 4.78 is 0. The molecule has 0 amide bonds. The van der Waals surface area contributed by atoms with Gasteiger partial charge >= 0.3 is 0 Å². The van der Waals surface area contributed by atoms with Gasteiger partial charge in [-0.25, -0.2) is 0 Å². The lowest BCUT2D eigenvalue weighted by Crippen LogP contribution is -2.53. The van der Waals surface area contributed by atoms with Crippen molar-refractivity contribution in [3.8, 4) is 0 Å². The maximum absolute atomic E-state index is 4.36. The zero-order valence-corrected chi connectivity index (χ0v) is 13.7. The molecule has 116 valence electrons. The van der Waals surface area contributed by atoms with Crippen molar-refractivity contribution < 1.29 is 0 Å². The molecule has 0 aliphatic heterocycles. The van der Waals surface area contributed by atoms with Crippen LogP contribution in [-0.2, 0) is 0 Å². The van der Waals surface area contributed by atoms with Crippen molar-refractivity contribution in [2.45, 2.75) is 64.5 Å². The minimum Gasteiger partial charge on any atom is -0.310 e. The van der Waals surface area contributed by atoms with E-state index in [4.69, 9.17) is 0 Å². The van der Waals surface area contributed by atoms with Crippen LogP contribution in [0.25, 0.3) is 0 Å². The van der Waals surface area contributed by atoms with Gasteiger partial charge in [-0.2, -0.15) is 0 Å². The van der Waals surface area contributed by atoms with Crippen molar-refractivity contribution >= 4 is 0 Å². The lowest BCUT2D eigenvalue weighted by Gasteiger charge is -2.43. The molecule has 0 radical (unpaired) electrons. The Morgan fingerprint density at radius 3 is 2.29 bits per heavy atom. The first-order valence-corrected chi connectivity index (χ1v) is 9.96. The van der Waals surface area contributed by atoms with Gasteiger partial charge in [-0.1, -0.05) is 13.8 Å². The summed E-state index contributed by atoms with van der Waals surface area (Å²) in [5.74, 6) is 10.7. The summed E-state index contributed by atoms with van der Waals surface area (Å²) in [7, 11) is 0. The summed E-state index contributed by atoms with van der Waals surface area (Å²) in [6.45, 7) is 5.18. The van der Waals surface area contributed by atoms with Crippen LogP contribution in [0.2, 0.25) is 0 Å². The van der Waals surface area contributed by atoms with Crippen molar-refractivity contribution in [1.82, 2.24) is 5.32 Å². The average molecular weight is 285 g/mol. The fourth-order valence-electron chi connectivity index (χ4n) is 8.99. The molecular formula is C20H31N. The molecule has 12 atom stereocenters. The molecule has 8 saturated carbocycles. The van der Waals surface area contributed by atoms with Gasteiger partial charge in [0.2, 0.25) is 0 Å². The summed E-state index contributed by atoms with van der Waals surface area (Å²) in [6, 6.07) is 1.83. The highest BCUT2D eigenvalue weighted by atomic mass is 15.0. The Hall–Kier alpha value is -0.0400. The van der Waals surface area contributed by atoms with Crippen LogP contribution in [0.5, 0.6) is 0 Å². The second-order valence-electron chi connectivity index (χ2n) is 10.1. The number of hydrogen-bond acceptors (Lipinski definition) is 1. The molecule has 8 fully saturated rings.